The summed E-state index contributed by atoms with van der Waals surface area (Å²) in [7, 11) is 0. The van der Waals surface area contributed by atoms with E-state index in [0.717, 1.165) is 24.1 Å². The summed E-state index contributed by atoms with van der Waals surface area (Å²) in [6.45, 7) is 5.06. The molecule has 1 saturated carbocycles. The molecule has 1 aromatic carbocycles. The summed E-state index contributed by atoms with van der Waals surface area (Å²) in [5, 5.41) is 10.6. The summed E-state index contributed by atoms with van der Waals surface area (Å²) in [6, 6.07) is 7.58. The number of anilines is 1. The second-order valence-electron chi connectivity index (χ2n) is 8.05. The number of carbonyl (C=O) groups is 2. The largest absolute Gasteiger partial charge is 0.362 e. The summed E-state index contributed by atoms with van der Waals surface area (Å²) >= 11 is 0. The van der Waals surface area contributed by atoms with Crippen LogP contribution in [0.25, 0.3) is 0 Å². The second kappa shape index (κ2) is 5.58. The maximum atomic E-state index is 12.8. The average molecular weight is 366 g/mol. The lowest BCUT2D eigenvalue weighted by molar-refractivity contribution is 0.0727. The second-order valence-corrected chi connectivity index (χ2v) is 8.05. The summed E-state index contributed by atoms with van der Waals surface area (Å²) in [6.07, 6.45) is 1.84. The van der Waals surface area contributed by atoms with Crippen LogP contribution in [-0.2, 0) is 0 Å². The number of rotatable bonds is 1. The molecule has 2 N–H and O–H groups in total. The van der Waals surface area contributed by atoms with E-state index >= 15 is 0 Å². The predicted molar refractivity (Wildman–Crippen MR) is 98.4 cm³/mol. The summed E-state index contributed by atoms with van der Waals surface area (Å²) < 4.78 is 5.15. The van der Waals surface area contributed by atoms with Gasteiger partial charge in [0.2, 0.25) is 5.76 Å². The van der Waals surface area contributed by atoms with Crippen molar-refractivity contribution < 1.29 is 14.1 Å². The van der Waals surface area contributed by atoms with E-state index in [4.69, 9.17) is 4.52 Å². The van der Waals surface area contributed by atoms with Crippen molar-refractivity contribution in [1.82, 2.24) is 15.4 Å². The molecule has 7 heteroatoms. The van der Waals surface area contributed by atoms with Gasteiger partial charge in [-0.2, -0.15) is 0 Å². The van der Waals surface area contributed by atoms with Crippen molar-refractivity contribution in [3.05, 3.63) is 46.8 Å². The van der Waals surface area contributed by atoms with E-state index in [9.17, 15) is 9.59 Å². The van der Waals surface area contributed by atoms with Gasteiger partial charge in [-0.25, -0.2) is 0 Å². The van der Waals surface area contributed by atoms with E-state index in [1.807, 2.05) is 30.0 Å². The Morgan fingerprint density at radius 1 is 1.26 bits per heavy atom. The van der Waals surface area contributed by atoms with Crippen molar-refractivity contribution in [2.45, 2.75) is 32.4 Å². The molecule has 2 amide bonds. The quantitative estimate of drug-likeness (QED) is 0.809. The van der Waals surface area contributed by atoms with Gasteiger partial charge in [0.1, 0.15) is 5.66 Å². The fraction of sp³-hybridized carbons (Fsp3) is 0.450. The molecule has 0 radical (unpaired) electrons. The summed E-state index contributed by atoms with van der Waals surface area (Å²) in [4.78, 5) is 27.3. The lowest BCUT2D eigenvalue weighted by atomic mass is 9.89. The third-order valence-electron chi connectivity index (χ3n) is 6.22. The minimum absolute atomic E-state index is 0.0382. The number of nitrogens with zero attached hydrogens (tertiary/aromatic N) is 2. The Morgan fingerprint density at radius 3 is 2.89 bits per heavy atom. The molecule has 3 heterocycles. The van der Waals surface area contributed by atoms with E-state index in [1.54, 1.807) is 13.0 Å². The van der Waals surface area contributed by atoms with E-state index in [0.29, 0.717) is 30.3 Å². The number of benzene rings is 1. The monoisotopic (exact) mass is 366 g/mol. The maximum Gasteiger partial charge on any atom is 0.292 e. The average Bonchev–Trinajstić information content (AvgIpc) is 3.33. The number of aromatic nitrogens is 1. The molecule has 1 spiro atoms. The first-order valence-corrected chi connectivity index (χ1v) is 9.39. The Kier molecular flexibility index (Phi) is 3.38. The number of hydrogen-bond acceptors (Lipinski definition) is 5. The number of nitrogens with one attached hydrogen (secondary N) is 2. The molecule has 5 rings (SSSR count). The zero-order valence-corrected chi connectivity index (χ0v) is 15.4. The maximum absolute atomic E-state index is 12.8. The number of amides is 2. The van der Waals surface area contributed by atoms with Gasteiger partial charge in [0.05, 0.1) is 11.3 Å². The van der Waals surface area contributed by atoms with Gasteiger partial charge < -0.3 is 20.1 Å². The van der Waals surface area contributed by atoms with Crippen molar-refractivity contribution in [2.75, 3.05) is 18.4 Å². The minimum atomic E-state index is -0.490. The van der Waals surface area contributed by atoms with Gasteiger partial charge in [-0.15, -0.1) is 0 Å². The number of aryl methyl sites for hydroxylation is 2. The number of carbonyl (C=O) groups excluding carboxylic acids is 2. The normalized spacial score (nSPS) is 28.7. The van der Waals surface area contributed by atoms with Crippen LogP contribution in [0.2, 0.25) is 0 Å². The van der Waals surface area contributed by atoms with Gasteiger partial charge in [-0.1, -0.05) is 16.8 Å². The molecule has 140 valence electrons. The van der Waals surface area contributed by atoms with Gasteiger partial charge in [-0.05, 0) is 44.7 Å². The van der Waals surface area contributed by atoms with Gasteiger partial charge in [0, 0.05) is 30.8 Å². The highest BCUT2D eigenvalue weighted by Gasteiger charge is 2.55. The Morgan fingerprint density at radius 2 is 2.11 bits per heavy atom. The number of fused-ring (bicyclic) bond motifs is 3. The van der Waals surface area contributed by atoms with Crippen molar-refractivity contribution >= 4 is 17.5 Å². The Labute approximate surface area is 157 Å². The highest BCUT2D eigenvalue weighted by molar-refractivity contribution is 6.02. The van der Waals surface area contributed by atoms with Crippen LogP contribution in [0.15, 0.2) is 28.8 Å². The third kappa shape index (κ3) is 2.44. The smallest absolute Gasteiger partial charge is 0.292 e. The van der Waals surface area contributed by atoms with Crippen molar-refractivity contribution in [3.63, 3.8) is 0 Å². The Balaban J connectivity index is 1.41. The van der Waals surface area contributed by atoms with E-state index in [2.05, 4.69) is 15.8 Å². The molecule has 0 bridgehead atoms. The lowest BCUT2D eigenvalue weighted by Crippen LogP contribution is -2.61. The Hall–Kier alpha value is -2.83. The number of hydrogen-bond donors (Lipinski definition) is 2. The fourth-order valence-corrected chi connectivity index (χ4v) is 4.91. The van der Waals surface area contributed by atoms with Gasteiger partial charge in [0.15, 0.2) is 0 Å². The highest BCUT2D eigenvalue weighted by Crippen LogP contribution is 2.47. The molecule has 1 aromatic heterocycles. The SMILES string of the molecule is Cc1ccc2c(c1)C(=O)NC1(CC[C@H]3CN(C(=O)c4cc(C)no4)C[C@H]31)N2. The minimum Gasteiger partial charge on any atom is -0.362 e. The predicted octanol–water partition coefficient (Wildman–Crippen LogP) is 2.33. The molecule has 2 fully saturated rings. The van der Waals surface area contributed by atoms with Gasteiger partial charge in [-0.3, -0.25) is 9.59 Å². The van der Waals surface area contributed by atoms with E-state index in [1.165, 1.54) is 0 Å². The molecule has 27 heavy (non-hydrogen) atoms. The molecule has 7 nitrogen and oxygen atoms in total. The van der Waals surface area contributed by atoms with Gasteiger partial charge in [0.25, 0.3) is 11.8 Å². The third-order valence-corrected chi connectivity index (χ3v) is 6.22. The Bertz CT molecular complexity index is 952. The van der Waals surface area contributed by atoms with E-state index < -0.39 is 5.66 Å². The van der Waals surface area contributed by atoms with Crippen molar-refractivity contribution in [2.24, 2.45) is 11.8 Å². The highest BCUT2D eigenvalue weighted by atomic mass is 16.5. The van der Waals surface area contributed by atoms with Crippen LogP contribution in [0.1, 0.15) is 45.0 Å². The van der Waals surface area contributed by atoms with E-state index in [-0.39, 0.29) is 23.5 Å². The first kappa shape index (κ1) is 16.4. The molecule has 1 unspecified atom stereocenters. The van der Waals surface area contributed by atoms with Crippen molar-refractivity contribution in [3.8, 4) is 0 Å². The molecule has 2 aromatic rings. The zero-order chi connectivity index (χ0) is 18.8. The van der Waals surface area contributed by atoms with Crippen molar-refractivity contribution in [1.29, 1.82) is 0 Å². The first-order chi connectivity index (χ1) is 12.9. The number of likely N-dealkylation sites (tertiary alicyclic amines) is 1. The fourth-order valence-electron chi connectivity index (χ4n) is 4.91. The van der Waals surface area contributed by atoms with Crippen LogP contribution in [0.3, 0.4) is 0 Å². The van der Waals surface area contributed by atoms with Crippen LogP contribution >= 0.6 is 0 Å². The summed E-state index contributed by atoms with van der Waals surface area (Å²) in [5.74, 6) is 0.645. The molecule has 2 aliphatic heterocycles. The standard InChI is InChI=1S/C20H22N4O3/c1-11-3-4-16-14(7-11)18(25)22-20(21-16)6-5-13-9-24(10-15(13)20)19(26)17-8-12(2)23-27-17/h3-4,7-8,13,15,21H,5-6,9-10H2,1-2H3,(H,22,25)/t13-,15+,20?/m0/s1. The van der Waals surface area contributed by atoms with Crippen LogP contribution in [0.4, 0.5) is 5.69 Å². The zero-order valence-electron chi connectivity index (χ0n) is 15.4. The van der Waals surface area contributed by atoms with Crippen LogP contribution in [-0.4, -0.2) is 40.6 Å². The topological polar surface area (TPSA) is 87.5 Å². The van der Waals surface area contributed by atoms with Crippen LogP contribution in [0.5, 0.6) is 0 Å². The molecule has 3 atom stereocenters. The lowest BCUT2D eigenvalue weighted by Gasteiger charge is -2.42. The molecule has 1 aliphatic carbocycles. The molecular weight excluding hydrogens is 344 g/mol. The van der Waals surface area contributed by atoms with Crippen LogP contribution in [0, 0.1) is 25.7 Å². The van der Waals surface area contributed by atoms with Crippen LogP contribution < -0.4 is 10.6 Å². The van der Waals surface area contributed by atoms with Gasteiger partial charge >= 0.3 is 0 Å². The molecular formula is C20H22N4O3. The first-order valence-electron chi connectivity index (χ1n) is 9.39. The summed E-state index contributed by atoms with van der Waals surface area (Å²) in [5.41, 5.74) is 2.83. The molecule has 1 saturated heterocycles. The molecule has 3 aliphatic rings.